The molecule has 0 fully saturated rings. The van der Waals surface area contributed by atoms with Gasteiger partial charge >= 0.3 is 0 Å². The SMILES string of the molecule is CC(C)/C(=C/CO)C(C)(C)C. The summed E-state index contributed by atoms with van der Waals surface area (Å²) in [6.45, 7) is 11.0. The normalized spacial score (nSPS) is 14.3. The van der Waals surface area contributed by atoms with Crippen LogP contribution in [-0.4, -0.2) is 11.7 Å². The molecule has 0 radical (unpaired) electrons. The van der Waals surface area contributed by atoms with Gasteiger partial charge in [0.1, 0.15) is 0 Å². The highest BCUT2D eigenvalue weighted by molar-refractivity contribution is 5.12. The van der Waals surface area contributed by atoms with Crippen molar-refractivity contribution in [2.75, 3.05) is 6.61 Å². The van der Waals surface area contributed by atoms with Gasteiger partial charge in [0, 0.05) is 0 Å². The van der Waals surface area contributed by atoms with Crippen LogP contribution in [0.3, 0.4) is 0 Å². The van der Waals surface area contributed by atoms with Crippen molar-refractivity contribution in [3.05, 3.63) is 11.6 Å². The lowest BCUT2D eigenvalue weighted by molar-refractivity contribution is 0.334. The van der Waals surface area contributed by atoms with Crippen molar-refractivity contribution in [2.45, 2.75) is 34.6 Å². The Hall–Kier alpha value is -0.300. The van der Waals surface area contributed by atoms with E-state index < -0.39 is 0 Å². The monoisotopic (exact) mass is 156 g/mol. The van der Waals surface area contributed by atoms with Gasteiger partial charge in [-0.2, -0.15) is 0 Å². The molecule has 1 nitrogen and oxygen atoms in total. The molecule has 0 aliphatic heterocycles. The molecule has 0 bridgehead atoms. The maximum absolute atomic E-state index is 8.77. The molecule has 0 amide bonds. The molecule has 0 aromatic carbocycles. The topological polar surface area (TPSA) is 20.2 Å². The molecule has 1 heteroatoms. The molecule has 1 N–H and O–H groups in total. The maximum atomic E-state index is 8.77. The summed E-state index contributed by atoms with van der Waals surface area (Å²) in [5.41, 5.74) is 1.52. The van der Waals surface area contributed by atoms with E-state index in [1.54, 1.807) is 0 Å². The first kappa shape index (κ1) is 10.7. The van der Waals surface area contributed by atoms with Gasteiger partial charge in [-0.1, -0.05) is 46.3 Å². The molecule has 0 saturated heterocycles. The largest absolute Gasteiger partial charge is 0.392 e. The van der Waals surface area contributed by atoms with Gasteiger partial charge in [-0.05, 0) is 11.3 Å². The van der Waals surface area contributed by atoms with E-state index in [0.29, 0.717) is 5.92 Å². The number of hydrogen-bond donors (Lipinski definition) is 1. The molecule has 0 aromatic rings. The van der Waals surface area contributed by atoms with Crippen LogP contribution in [0.1, 0.15) is 34.6 Å². The number of aliphatic hydroxyl groups excluding tert-OH is 1. The van der Waals surface area contributed by atoms with Crippen LogP contribution in [0.25, 0.3) is 0 Å². The predicted molar refractivity (Wildman–Crippen MR) is 49.5 cm³/mol. The van der Waals surface area contributed by atoms with E-state index in [9.17, 15) is 0 Å². The minimum atomic E-state index is 0.158. The van der Waals surface area contributed by atoms with Gasteiger partial charge in [-0.15, -0.1) is 0 Å². The van der Waals surface area contributed by atoms with E-state index in [2.05, 4.69) is 34.6 Å². The van der Waals surface area contributed by atoms with Crippen LogP contribution in [0.4, 0.5) is 0 Å². The molecule has 66 valence electrons. The van der Waals surface area contributed by atoms with Crippen LogP contribution in [0.15, 0.2) is 11.6 Å². The Labute approximate surface area is 70.1 Å². The van der Waals surface area contributed by atoms with Gasteiger partial charge in [0.15, 0.2) is 0 Å². The summed E-state index contributed by atoms with van der Waals surface area (Å²) < 4.78 is 0. The molecule has 0 saturated carbocycles. The zero-order chi connectivity index (χ0) is 9.07. The van der Waals surface area contributed by atoms with Crippen LogP contribution >= 0.6 is 0 Å². The van der Waals surface area contributed by atoms with E-state index in [1.165, 1.54) is 5.57 Å². The highest BCUT2D eigenvalue weighted by Crippen LogP contribution is 2.30. The van der Waals surface area contributed by atoms with Crippen LogP contribution in [-0.2, 0) is 0 Å². The molecule has 0 aliphatic rings. The lowest BCUT2D eigenvalue weighted by atomic mass is 9.80. The second kappa shape index (κ2) is 3.91. The van der Waals surface area contributed by atoms with Gasteiger partial charge in [0.2, 0.25) is 0 Å². The molecular formula is C10H20O. The molecule has 11 heavy (non-hydrogen) atoms. The number of rotatable bonds is 2. The van der Waals surface area contributed by atoms with E-state index >= 15 is 0 Å². The maximum Gasteiger partial charge on any atom is 0.0615 e. The zero-order valence-corrected chi connectivity index (χ0v) is 8.31. The van der Waals surface area contributed by atoms with Crippen molar-refractivity contribution >= 4 is 0 Å². The number of allylic oxidation sites excluding steroid dienone is 1. The molecular weight excluding hydrogens is 136 g/mol. The Morgan fingerprint density at radius 1 is 1.36 bits per heavy atom. The Balaban J connectivity index is 4.49. The Kier molecular flexibility index (Phi) is 3.81. The van der Waals surface area contributed by atoms with Gasteiger partial charge in [0.05, 0.1) is 6.61 Å². The summed E-state index contributed by atoms with van der Waals surface area (Å²) in [6, 6.07) is 0. The number of hydrogen-bond acceptors (Lipinski definition) is 1. The first-order valence-electron chi connectivity index (χ1n) is 4.21. The van der Waals surface area contributed by atoms with Gasteiger partial charge < -0.3 is 5.11 Å². The fraction of sp³-hybridized carbons (Fsp3) is 0.800. The third-order valence-corrected chi connectivity index (χ3v) is 1.80. The second-order valence-corrected chi connectivity index (χ2v) is 4.25. The fourth-order valence-electron chi connectivity index (χ4n) is 1.51. The molecule has 0 heterocycles. The zero-order valence-electron chi connectivity index (χ0n) is 8.31. The average molecular weight is 156 g/mol. The van der Waals surface area contributed by atoms with Crippen molar-refractivity contribution in [2.24, 2.45) is 11.3 Å². The molecule has 0 unspecified atom stereocenters. The summed E-state index contributed by atoms with van der Waals surface area (Å²) in [5, 5.41) is 8.77. The first-order chi connectivity index (χ1) is 4.89. The summed E-state index contributed by atoms with van der Waals surface area (Å²) in [5.74, 6) is 0.530. The van der Waals surface area contributed by atoms with Crippen LogP contribution in [0.5, 0.6) is 0 Å². The summed E-state index contributed by atoms with van der Waals surface area (Å²) in [4.78, 5) is 0. The summed E-state index contributed by atoms with van der Waals surface area (Å²) in [6.07, 6.45) is 1.92. The summed E-state index contributed by atoms with van der Waals surface area (Å²) >= 11 is 0. The molecule has 0 rings (SSSR count). The van der Waals surface area contributed by atoms with E-state index in [0.717, 1.165) is 0 Å². The standard InChI is InChI=1S/C10H20O/c1-8(2)9(6-7-11)10(3,4)5/h6,8,11H,7H2,1-5H3/b9-6-. The molecule has 0 aliphatic carbocycles. The second-order valence-electron chi connectivity index (χ2n) is 4.25. The van der Waals surface area contributed by atoms with E-state index in [-0.39, 0.29) is 12.0 Å². The molecule has 0 aromatic heterocycles. The van der Waals surface area contributed by atoms with Crippen LogP contribution < -0.4 is 0 Å². The van der Waals surface area contributed by atoms with Crippen molar-refractivity contribution in [1.29, 1.82) is 0 Å². The minimum absolute atomic E-state index is 0.158. The van der Waals surface area contributed by atoms with Gasteiger partial charge in [0.25, 0.3) is 0 Å². The highest BCUT2D eigenvalue weighted by atomic mass is 16.2. The van der Waals surface area contributed by atoms with Crippen LogP contribution in [0.2, 0.25) is 0 Å². The molecule has 0 atom stereocenters. The lowest BCUT2D eigenvalue weighted by Gasteiger charge is -2.26. The lowest BCUT2D eigenvalue weighted by Crippen LogP contribution is -2.14. The van der Waals surface area contributed by atoms with Crippen molar-refractivity contribution < 1.29 is 5.11 Å². The molecule has 0 spiro atoms. The smallest absolute Gasteiger partial charge is 0.0615 e. The fourth-order valence-corrected chi connectivity index (χ4v) is 1.51. The van der Waals surface area contributed by atoms with Crippen molar-refractivity contribution in [3.63, 3.8) is 0 Å². The third kappa shape index (κ3) is 3.57. The minimum Gasteiger partial charge on any atom is -0.392 e. The van der Waals surface area contributed by atoms with Gasteiger partial charge in [-0.25, -0.2) is 0 Å². The van der Waals surface area contributed by atoms with E-state index in [1.807, 2.05) is 6.08 Å². The van der Waals surface area contributed by atoms with E-state index in [4.69, 9.17) is 5.11 Å². The first-order valence-corrected chi connectivity index (χ1v) is 4.21. The summed E-state index contributed by atoms with van der Waals surface area (Å²) in [7, 11) is 0. The Bertz CT molecular complexity index is 137. The highest BCUT2D eigenvalue weighted by Gasteiger charge is 2.18. The van der Waals surface area contributed by atoms with Crippen molar-refractivity contribution in [1.82, 2.24) is 0 Å². The third-order valence-electron chi connectivity index (χ3n) is 1.80. The van der Waals surface area contributed by atoms with Gasteiger partial charge in [-0.3, -0.25) is 0 Å². The quantitative estimate of drug-likeness (QED) is 0.609. The van der Waals surface area contributed by atoms with Crippen LogP contribution in [0, 0.1) is 11.3 Å². The Morgan fingerprint density at radius 3 is 1.91 bits per heavy atom. The Morgan fingerprint density at radius 2 is 1.82 bits per heavy atom. The number of aliphatic hydroxyl groups is 1. The van der Waals surface area contributed by atoms with Crippen molar-refractivity contribution in [3.8, 4) is 0 Å². The average Bonchev–Trinajstić information content (AvgIpc) is 1.79. The predicted octanol–water partition coefficient (Wildman–Crippen LogP) is 2.61.